The summed E-state index contributed by atoms with van der Waals surface area (Å²) < 4.78 is 12.9. The van der Waals surface area contributed by atoms with E-state index < -0.39 is 11.9 Å². The summed E-state index contributed by atoms with van der Waals surface area (Å²) in [5, 5.41) is 13.8. The Balaban J connectivity index is 2.30. The molecule has 0 saturated heterocycles. The molecule has 0 aromatic heterocycles. The number of rotatable bonds is 6. The highest BCUT2D eigenvalue weighted by atomic mass is 19.1. The van der Waals surface area contributed by atoms with E-state index in [1.807, 2.05) is 0 Å². The van der Waals surface area contributed by atoms with E-state index in [9.17, 15) is 14.0 Å². The zero-order chi connectivity index (χ0) is 14.3. The summed E-state index contributed by atoms with van der Waals surface area (Å²) in [7, 11) is 0. The van der Waals surface area contributed by atoms with E-state index in [-0.39, 0.29) is 31.3 Å². The number of carbonyl (C=O) groups is 2. The molecule has 0 aliphatic heterocycles. The number of amides is 2. The summed E-state index contributed by atoms with van der Waals surface area (Å²) in [6, 6.07) is 5.72. The molecule has 6 heteroatoms. The number of hydrogen-bond donors (Lipinski definition) is 3. The third-order valence-electron chi connectivity index (χ3n) is 2.29. The summed E-state index contributed by atoms with van der Waals surface area (Å²) in [4.78, 5) is 22.8. The van der Waals surface area contributed by atoms with Gasteiger partial charge in [0.15, 0.2) is 0 Å². The molecule has 0 radical (unpaired) electrons. The second-order valence-electron chi connectivity index (χ2n) is 4.24. The van der Waals surface area contributed by atoms with Gasteiger partial charge in [0, 0.05) is 6.54 Å². The first-order valence-electron chi connectivity index (χ1n) is 5.93. The Morgan fingerprint density at radius 2 is 2.05 bits per heavy atom. The van der Waals surface area contributed by atoms with Crippen molar-refractivity contribution in [1.82, 2.24) is 10.6 Å². The van der Waals surface area contributed by atoms with Crippen LogP contribution in [0.2, 0.25) is 0 Å². The summed E-state index contributed by atoms with van der Waals surface area (Å²) in [5.41, 5.74) is 0.543. The molecule has 0 aliphatic carbocycles. The minimum absolute atomic E-state index is 0.0153. The topological polar surface area (TPSA) is 78.4 Å². The lowest BCUT2D eigenvalue weighted by molar-refractivity contribution is -0.125. The maximum absolute atomic E-state index is 12.9. The normalized spacial score (nSPS) is 11.7. The van der Waals surface area contributed by atoms with Crippen molar-refractivity contribution >= 4 is 11.8 Å². The van der Waals surface area contributed by atoms with Gasteiger partial charge in [-0.05, 0) is 24.6 Å². The molecule has 5 nitrogen and oxygen atoms in total. The molecule has 104 valence electrons. The fourth-order valence-corrected chi connectivity index (χ4v) is 1.40. The molecule has 0 fully saturated rings. The number of carbonyl (C=O) groups excluding carboxylic acids is 2. The molecule has 0 spiro atoms. The average molecular weight is 268 g/mol. The van der Waals surface area contributed by atoms with Gasteiger partial charge in [0.05, 0.1) is 19.1 Å². The molecule has 1 atom stereocenters. The van der Waals surface area contributed by atoms with E-state index in [4.69, 9.17) is 5.11 Å². The molecule has 3 N–H and O–H groups in total. The van der Waals surface area contributed by atoms with E-state index in [2.05, 4.69) is 10.6 Å². The van der Waals surface area contributed by atoms with Gasteiger partial charge in [0.25, 0.3) is 0 Å². The summed E-state index contributed by atoms with van der Waals surface area (Å²) >= 11 is 0. The predicted molar refractivity (Wildman–Crippen MR) is 67.8 cm³/mol. The molecule has 0 bridgehead atoms. The van der Waals surface area contributed by atoms with Crippen molar-refractivity contribution in [1.29, 1.82) is 0 Å². The van der Waals surface area contributed by atoms with Crippen LogP contribution >= 0.6 is 0 Å². The molecule has 0 saturated carbocycles. The minimum atomic E-state index is -0.632. The Labute approximate surface area is 110 Å². The first-order chi connectivity index (χ1) is 8.97. The third-order valence-corrected chi connectivity index (χ3v) is 2.29. The van der Waals surface area contributed by atoms with Gasteiger partial charge in [-0.2, -0.15) is 0 Å². The summed E-state index contributed by atoms with van der Waals surface area (Å²) in [6.07, 6.45) is -0.617. The van der Waals surface area contributed by atoms with Gasteiger partial charge in [-0.1, -0.05) is 12.1 Å². The molecule has 0 heterocycles. The maximum atomic E-state index is 12.9. The van der Waals surface area contributed by atoms with Crippen molar-refractivity contribution in [2.24, 2.45) is 0 Å². The summed E-state index contributed by atoms with van der Waals surface area (Å²) in [6.45, 7) is 1.52. The number of aliphatic hydroxyl groups excluding tert-OH is 1. The molecule has 2 amide bonds. The molecule has 0 aliphatic rings. The van der Waals surface area contributed by atoms with Crippen LogP contribution in [0.5, 0.6) is 0 Å². The quantitative estimate of drug-likeness (QED) is 0.678. The smallest absolute Gasteiger partial charge is 0.239 e. The van der Waals surface area contributed by atoms with Crippen LogP contribution in [0.25, 0.3) is 0 Å². The van der Waals surface area contributed by atoms with Crippen LogP contribution in [-0.2, 0) is 16.0 Å². The monoisotopic (exact) mass is 268 g/mol. The molecular weight excluding hydrogens is 251 g/mol. The lowest BCUT2D eigenvalue weighted by Crippen LogP contribution is -2.39. The van der Waals surface area contributed by atoms with Gasteiger partial charge in [-0.15, -0.1) is 0 Å². The van der Waals surface area contributed by atoms with Crippen LogP contribution in [0.4, 0.5) is 4.39 Å². The van der Waals surface area contributed by atoms with Crippen molar-refractivity contribution in [3.05, 3.63) is 35.6 Å². The van der Waals surface area contributed by atoms with Crippen LogP contribution in [0, 0.1) is 5.82 Å². The van der Waals surface area contributed by atoms with E-state index in [0.29, 0.717) is 5.56 Å². The maximum Gasteiger partial charge on any atom is 0.239 e. The van der Waals surface area contributed by atoms with Gasteiger partial charge in [-0.25, -0.2) is 4.39 Å². The average Bonchev–Trinajstić information content (AvgIpc) is 2.34. The number of hydrogen-bond acceptors (Lipinski definition) is 3. The van der Waals surface area contributed by atoms with Crippen LogP contribution in [0.3, 0.4) is 0 Å². The Morgan fingerprint density at radius 1 is 1.32 bits per heavy atom. The Kier molecular flexibility index (Phi) is 5.95. The molecule has 1 aromatic rings. The first kappa shape index (κ1) is 15.1. The number of nitrogens with one attached hydrogen (secondary N) is 2. The lowest BCUT2D eigenvalue weighted by Gasteiger charge is -2.08. The highest BCUT2D eigenvalue weighted by Gasteiger charge is 2.07. The van der Waals surface area contributed by atoms with E-state index in [0.717, 1.165) is 0 Å². The molecule has 19 heavy (non-hydrogen) atoms. The Hall–Kier alpha value is -1.95. The number of aliphatic hydroxyl groups is 1. The second kappa shape index (κ2) is 7.48. The molecule has 1 aromatic carbocycles. The van der Waals surface area contributed by atoms with Gasteiger partial charge < -0.3 is 15.7 Å². The van der Waals surface area contributed by atoms with Gasteiger partial charge in [0.2, 0.25) is 11.8 Å². The second-order valence-corrected chi connectivity index (χ2v) is 4.24. The van der Waals surface area contributed by atoms with Crippen LogP contribution < -0.4 is 10.6 Å². The zero-order valence-electron chi connectivity index (χ0n) is 10.6. The largest absolute Gasteiger partial charge is 0.392 e. The number of halogens is 1. The molecule has 1 unspecified atom stereocenters. The van der Waals surface area contributed by atoms with Crippen molar-refractivity contribution in [2.45, 2.75) is 19.4 Å². The van der Waals surface area contributed by atoms with E-state index in [1.54, 1.807) is 13.0 Å². The lowest BCUT2D eigenvalue weighted by atomic mass is 10.1. The third kappa shape index (κ3) is 6.52. The van der Waals surface area contributed by atoms with Gasteiger partial charge in [0.1, 0.15) is 5.82 Å². The predicted octanol–water partition coefficient (Wildman–Crippen LogP) is -0.0186. The van der Waals surface area contributed by atoms with Crippen molar-refractivity contribution < 1.29 is 19.1 Å². The Bertz CT molecular complexity index is 449. The van der Waals surface area contributed by atoms with Gasteiger partial charge in [-0.3, -0.25) is 9.59 Å². The minimum Gasteiger partial charge on any atom is -0.392 e. The molecule has 1 rings (SSSR count). The fourth-order valence-electron chi connectivity index (χ4n) is 1.40. The van der Waals surface area contributed by atoms with Crippen molar-refractivity contribution in [3.63, 3.8) is 0 Å². The van der Waals surface area contributed by atoms with Crippen molar-refractivity contribution in [2.75, 3.05) is 13.1 Å². The zero-order valence-corrected chi connectivity index (χ0v) is 10.6. The highest BCUT2D eigenvalue weighted by molar-refractivity contribution is 5.85. The highest BCUT2D eigenvalue weighted by Crippen LogP contribution is 2.03. The molecular formula is C13H17FN2O3. The van der Waals surface area contributed by atoms with Crippen LogP contribution in [-0.4, -0.2) is 36.1 Å². The van der Waals surface area contributed by atoms with Crippen LogP contribution in [0.15, 0.2) is 24.3 Å². The summed E-state index contributed by atoms with van der Waals surface area (Å²) in [5.74, 6) is -1.15. The van der Waals surface area contributed by atoms with Crippen molar-refractivity contribution in [3.8, 4) is 0 Å². The first-order valence-corrected chi connectivity index (χ1v) is 5.93. The van der Waals surface area contributed by atoms with E-state index >= 15 is 0 Å². The fraction of sp³-hybridized carbons (Fsp3) is 0.385. The standard InChI is InChI=1S/C13H17FN2O3/c1-9(17)7-15-13(19)8-16-12(18)6-10-3-2-4-11(14)5-10/h2-5,9,17H,6-8H2,1H3,(H,15,19)(H,16,18). The van der Waals surface area contributed by atoms with Gasteiger partial charge >= 0.3 is 0 Å². The van der Waals surface area contributed by atoms with Crippen LogP contribution in [0.1, 0.15) is 12.5 Å². The SMILES string of the molecule is CC(O)CNC(=O)CNC(=O)Cc1cccc(F)c1. The Morgan fingerprint density at radius 3 is 2.68 bits per heavy atom. The van der Waals surface area contributed by atoms with E-state index in [1.165, 1.54) is 18.2 Å². The number of benzene rings is 1.